The summed E-state index contributed by atoms with van der Waals surface area (Å²) in [6, 6.07) is 5.33. The highest BCUT2D eigenvalue weighted by Crippen LogP contribution is 2.22. The van der Waals surface area contributed by atoms with Crippen LogP contribution in [-0.4, -0.2) is 18.2 Å². The van der Waals surface area contributed by atoms with Crippen molar-refractivity contribution in [1.82, 2.24) is 0 Å². The maximum atomic E-state index is 10.8. The molecular weight excluding hydrogens is 180 g/mol. The van der Waals surface area contributed by atoms with Crippen LogP contribution in [0.4, 0.5) is 0 Å². The zero-order chi connectivity index (χ0) is 10.6. The summed E-state index contributed by atoms with van der Waals surface area (Å²) in [5, 5.41) is 9.58. The molecule has 0 aliphatic heterocycles. The van der Waals surface area contributed by atoms with Crippen LogP contribution in [0.15, 0.2) is 24.3 Å². The van der Waals surface area contributed by atoms with E-state index in [9.17, 15) is 9.90 Å². The van der Waals surface area contributed by atoms with Gasteiger partial charge in [-0.3, -0.25) is 0 Å². The fourth-order valence-electron chi connectivity index (χ4n) is 1.04. The van der Waals surface area contributed by atoms with Gasteiger partial charge in [-0.1, -0.05) is 18.2 Å². The highest BCUT2D eigenvalue weighted by Gasteiger charge is 2.00. The average Bonchev–Trinajstić information content (AvgIpc) is 2.20. The molecule has 3 heteroatoms. The minimum atomic E-state index is -0.439. The summed E-state index contributed by atoms with van der Waals surface area (Å²) in [5.41, 5.74) is 1.38. The Kier molecular flexibility index (Phi) is 3.29. The molecule has 0 saturated heterocycles. The van der Waals surface area contributed by atoms with Gasteiger partial charge in [-0.25, -0.2) is 4.79 Å². The topological polar surface area (TPSA) is 46.5 Å². The monoisotopic (exact) mass is 192 g/mol. The van der Waals surface area contributed by atoms with Crippen molar-refractivity contribution in [2.75, 3.05) is 7.11 Å². The molecule has 0 fully saturated rings. The molecule has 74 valence electrons. The maximum Gasteiger partial charge on any atom is 0.330 e. The van der Waals surface area contributed by atoms with Gasteiger partial charge in [-0.05, 0) is 18.6 Å². The first kappa shape index (κ1) is 10.3. The van der Waals surface area contributed by atoms with Crippen molar-refractivity contribution in [1.29, 1.82) is 0 Å². The summed E-state index contributed by atoms with van der Waals surface area (Å²) in [4.78, 5) is 10.8. The number of phenolic OH excluding ortho intramolecular Hbond substituents is 1. The molecule has 0 aromatic heterocycles. The molecule has 1 rings (SSSR count). The van der Waals surface area contributed by atoms with E-state index in [1.165, 1.54) is 19.3 Å². The second-order valence-electron chi connectivity index (χ2n) is 2.87. The first-order valence-corrected chi connectivity index (χ1v) is 4.19. The maximum absolute atomic E-state index is 10.8. The Labute approximate surface area is 82.6 Å². The number of aryl methyl sites for hydroxylation is 1. The summed E-state index contributed by atoms with van der Waals surface area (Å²) in [5.74, 6) is -0.251. The molecule has 0 amide bonds. The fourth-order valence-corrected chi connectivity index (χ4v) is 1.04. The molecule has 14 heavy (non-hydrogen) atoms. The van der Waals surface area contributed by atoms with Crippen LogP contribution in [0.2, 0.25) is 0 Å². The van der Waals surface area contributed by atoms with Crippen LogP contribution in [0, 0.1) is 6.92 Å². The van der Waals surface area contributed by atoms with Crippen molar-refractivity contribution >= 4 is 12.0 Å². The quantitative estimate of drug-likeness (QED) is 0.575. The van der Waals surface area contributed by atoms with Crippen molar-refractivity contribution in [3.8, 4) is 5.75 Å². The third kappa shape index (κ3) is 2.36. The number of phenols is 1. The molecule has 3 nitrogen and oxygen atoms in total. The van der Waals surface area contributed by atoms with Crippen LogP contribution in [0.25, 0.3) is 6.08 Å². The van der Waals surface area contributed by atoms with Crippen LogP contribution in [0.5, 0.6) is 5.75 Å². The van der Waals surface area contributed by atoms with E-state index in [4.69, 9.17) is 0 Å². The number of carbonyl (C=O) groups is 1. The Bertz CT molecular complexity index is 367. The van der Waals surface area contributed by atoms with Crippen LogP contribution < -0.4 is 0 Å². The summed E-state index contributed by atoms with van der Waals surface area (Å²) in [6.07, 6.45) is 2.79. The Morgan fingerprint density at radius 1 is 1.50 bits per heavy atom. The summed E-state index contributed by atoms with van der Waals surface area (Å²) >= 11 is 0. The van der Waals surface area contributed by atoms with Gasteiger partial charge in [0.25, 0.3) is 0 Å². The van der Waals surface area contributed by atoms with E-state index >= 15 is 0 Å². The molecule has 0 heterocycles. The number of hydrogen-bond acceptors (Lipinski definition) is 3. The van der Waals surface area contributed by atoms with Crippen molar-refractivity contribution < 1.29 is 14.6 Å². The van der Waals surface area contributed by atoms with E-state index in [1.807, 2.05) is 6.07 Å². The van der Waals surface area contributed by atoms with Gasteiger partial charge in [-0.2, -0.15) is 0 Å². The predicted octanol–water partition coefficient (Wildman–Crippen LogP) is 1.89. The first-order valence-electron chi connectivity index (χ1n) is 4.19. The normalized spacial score (nSPS) is 10.4. The largest absolute Gasteiger partial charge is 0.507 e. The smallest absolute Gasteiger partial charge is 0.330 e. The molecule has 0 spiro atoms. The SMILES string of the molecule is COC(=O)/C=C/c1cccc(C)c1O. The second-order valence-corrected chi connectivity index (χ2v) is 2.87. The number of esters is 1. The van der Waals surface area contributed by atoms with Gasteiger partial charge in [0.1, 0.15) is 5.75 Å². The van der Waals surface area contributed by atoms with E-state index in [2.05, 4.69) is 4.74 Å². The Morgan fingerprint density at radius 2 is 2.21 bits per heavy atom. The van der Waals surface area contributed by atoms with Gasteiger partial charge in [0.15, 0.2) is 0 Å². The van der Waals surface area contributed by atoms with E-state index < -0.39 is 5.97 Å². The number of carbonyl (C=O) groups excluding carboxylic acids is 1. The zero-order valence-electron chi connectivity index (χ0n) is 8.15. The molecule has 1 aromatic carbocycles. The van der Waals surface area contributed by atoms with Crippen molar-refractivity contribution in [2.24, 2.45) is 0 Å². The highest BCUT2D eigenvalue weighted by molar-refractivity contribution is 5.87. The fraction of sp³-hybridized carbons (Fsp3) is 0.182. The van der Waals surface area contributed by atoms with Crippen molar-refractivity contribution in [3.63, 3.8) is 0 Å². The van der Waals surface area contributed by atoms with Gasteiger partial charge in [0.2, 0.25) is 0 Å². The minimum Gasteiger partial charge on any atom is -0.507 e. The molecule has 0 bridgehead atoms. The van der Waals surface area contributed by atoms with E-state index in [0.29, 0.717) is 5.56 Å². The van der Waals surface area contributed by atoms with Gasteiger partial charge in [0, 0.05) is 11.6 Å². The lowest BCUT2D eigenvalue weighted by molar-refractivity contribution is -0.134. The molecule has 0 atom stereocenters. The minimum absolute atomic E-state index is 0.188. The molecule has 1 N–H and O–H groups in total. The van der Waals surface area contributed by atoms with Crippen molar-refractivity contribution in [2.45, 2.75) is 6.92 Å². The Hall–Kier alpha value is -1.77. The number of hydrogen-bond donors (Lipinski definition) is 1. The molecule has 0 saturated carbocycles. The lowest BCUT2D eigenvalue weighted by Gasteiger charge is -2.01. The molecule has 0 unspecified atom stereocenters. The standard InChI is InChI=1S/C11H12O3/c1-8-4-3-5-9(11(8)13)6-7-10(12)14-2/h3-7,13H,1-2H3/b7-6+. The highest BCUT2D eigenvalue weighted by atomic mass is 16.5. The first-order chi connectivity index (χ1) is 6.65. The predicted molar refractivity (Wildman–Crippen MR) is 53.9 cm³/mol. The Morgan fingerprint density at radius 3 is 2.86 bits per heavy atom. The zero-order valence-corrected chi connectivity index (χ0v) is 8.15. The molecule has 0 aliphatic carbocycles. The lowest BCUT2D eigenvalue weighted by atomic mass is 10.1. The summed E-state index contributed by atoms with van der Waals surface area (Å²) in [7, 11) is 1.31. The number of methoxy groups -OCH3 is 1. The van der Waals surface area contributed by atoms with Gasteiger partial charge < -0.3 is 9.84 Å². The second kappa shape index (κ2) is 4.46. The number of benzene rings is 1. The van der Waals surface area contributed by atoms with Gasteiger partial charge in [0.05, 0.1) is 7.11 Å². The van der Waals surface area contributed by atoms with Gasteiger partial charge >= 0.3 is 5.97 Å². The average molecular weight is 192 g/mol. The molecule has 1 aromatic rings. The van der Waals surface area contributed by atoms with Gasteiger partial charge in [-0.15, -0.1) is 0 Å². The van der Waals surface area contributed by atoms with Crippen LogP contribution in [-0.2, 0) is 9.53 Å². The van der Waals surface area contributed by atoms with Crippen LogP contribution in [0.1, 0.15) is 11.1 Å². The molecular formula is C11H12O3. The molecule has 0 radical (unpaired) electrons. The van der Waals surface area contributed by atoms with Crippen LogP contribution >= 0.6 is 0 Å². The lowest BCUT2D eigenvalue weighted by Crippen LogP contribution is -1.93. The number of ether oxygens (including phenoxy) is 1. The summed E-state index contributed by atoms with van der Waals surface area (Å²) < 4.78 is 4.43. The van der Waals surface area contributed by atoms with Crippen molar-refractivity contribution in [3.05, 3.63) is 35.4 Å². The number of para-hydroxylation sites is 1. The van der Waals surface area contributed by atoms with Crippen LogP contribution in [0.3, 0.4) is 0 Å². The molecule has 0 aliphatic rings. The number of aromatic hydroxyl groups is 1. The third-order valence-electron chi connectivity index (χ3n) is 1.87. The van der Waals surface area contributed by atoms with E-state index in [0.717, 1.165) is 5.56 Å². The van der Waals surface area contributed by atoms with E-state index in [1.54, 1.807) is 19.1 Å². The van der Waals surface area contributed by atoms with E-state index in [-0.39, 0.29) is 5.75 Å². The number of rotatable bonds is 2. The summed E-state index contributed by atoms with van der Waals surface area (Å²) in [6.45, 7) is 1.80. The Balaban J connectivity index is 2.92. The third-order valence-corrected chi connectivity index (χ3v) is 1.87.